The minimum Gasteiger partial charge on any atom is -0.497 e. The molecule has 0 bridgehead atoms. The molecule has 0 aliphatic heterocycles. The predicted octanol–water partition coefficient (Wildman–Crippen LogP) is 4.98. The van der Waals surface area contributed by atoms with Gasteiger partial charge in [0.25, 0.3) is 11.8 Å². The van der Waals surface area contributed by atoms with Crippen LogP contribution in [0, 0.1) is 6.92 Å². The van der Waals surface area contributed by atoms with Gasteiger partial charge < -0.3 is 10.1 Å². The maximum atomic E-state index is 13.5. The van der Waals surface area contributed by atoms with Gasteiger partial charge in [-0.2, -0.15) is 0 Å². The summed E-state index contributed by atoms with van der Waals surface area (Å²) in [5.41, 5.74) is 6.35. The molecule has 0 aromatic heterocycles. The minimum absolute atomic E-state index is 0.225. The third kappa shape index (κ3) is 6.83. The van der Waals surface area contributed by atoms with Crippen molar-refractivity contribution < 1.29 is 14.3 Å². The lowest BCUT2D eigenvalue weighted by Crippen LogP contribution is -2.51. The fraction of sp³-hybridized carbons (Fsp3) is 0.231. The number of benzene rings is 3. The number of carbonyl (C=O) groups excluding carboxylic acids is 2. The molecule has 0 fully saturated rings. The molecule has 3 aromatic rings. The van der Waals surface area contributed by atoms with Crippen molar-refractivity contribution >= 4 is 33.4 Å². The SMILES string of the molecule is CCN(Nc1ccc(OC)cc1)C(=O)C(Cc1ccc(Br)cc1)NC(=O)c1cccc(C)c1. The average molecular weight is 510 g/mol. The van der Waals surface area contributed by atoms with Crippen molar-refractivity contribution in [3.63, 3.8) is 0 Å². The summed E-state index contributed by atoms with van der Waals surface area (Å²) < 4.78 is 6.15. The Morgan fingerprint density at radius 3 is 2.33 bits per heavy atom. The largest absolute Gasteiger partial charge is 0.497 e. The number of hydrazine groups is 1. The van der Waals surface area contributed by atoms with Crippen molar-refractivity contribution in [3.8, 4) is 5.75 Å². The Morgan fingerprint density at radius 2 is 1.73 bits per heavy atom. The van der Waals surface area contributed by atoms with Crippen LogP contribution in [0.25, 0.3) is 0 Å². The number of hydrogen-bond donors (Lipinski definition) is 2. The van der Waals surface area contributed by atoms with Crippen LogP contribution in [-0.4, -0.2) is 36.5 Å². The van der Waals surface area contributed by atoms with Gasteiger partial charge in [0.05, 0.1) is 12.8 Å². The average Bonchev–Trinajstić information content (AvgIpc) is 2.83. The van der Waals surface area contributed by atoms with Gasteiger partial charge in [0, 0.05) is 23.0 Å². The molecule has 0 aliphatic carbocycles. The van der Waals surface area contributed by atoms with E-state index in [-0.39, 0.29) is 11.8 Å². The molecule has 0 spiro atoms. The molecular formula is C26H28BrN3O3. The third-order valence-electron chi connectivity index (χ3n) is 5.17. The molecular weight excluding hydrogens is 482 g/mol. The van der Waals surface area contributed by atoms with Crippen LogP contribution in [0.4, 0.5) is 5.69 Å². The van der Waals surface area contributed by atoms with Crippen LogP contribution in [-0.2, 0) is 11.2 Å². The maximum Gasteiger partial charge on any atom is 0.263 e. The Balaban J connectivity index is 1.82. The molecule has 2 N–H and O–H groups in total. The Hall–Kier alpha value is -3.32. The van der Waals surface area contributed by atoms with Gasteiger partial charge in [0.2, 0.25) is 0 Å². The maximum absolute atomic E-state index is 13.5. The Kier molecular flexibility index (Phi) is 8.49. The van der Waals surface area contributed by atoms with Crippen molar-refractivity contribution in [2.75, 3.05) is 19.1 Å². The third-order valence-corrected chi connectivity index (χ3v) is 5.70. The van der Waals surface area contributed by atoms with Crippen molar-refractivity contribution in [1.82, 2.24) is 10.3 Å². The summed E-state index contributed by atoms with van der Waals surface area (Å²) in [5, 5.41) is 4.46. The highest BCUT2D eigenvalue weighted by Crippen LogP contribution is 2.17. The first-order valence-corrected chi connectivity index (χ1v) is 11.5. The summed E-state index contributed by atoms with van der Waals surface area (Å²) in [6.45, 7) is 4.23. The van der Waals surface area contributed by atoms with Gasteiger partial charge in [-0.1, -0.05) is 45.8 Å². The summed E-state index contributed by atoms with van der Waals surface area (Å²) in [6, 6.07) is 21.6. The highest BCUT2D eigenvalue weighted by atomic mass is 79.9. The summed E-state index contributed by atoms with van der Waals surface area (Å²) >= 11 is 3.44. The Morgan fingerprint density at radius 1 is 1.03 bits per heavy atom. The number of nitrogens with one attached hydrogen (secondary N) is 2. The number of halogens is 1. The molecule has 0 saturated heterocycles. The molecule has 6 nitrogen and oxygen atoms in total. The molecule has 33 heavy (non-hydrogen) atoms. The number of anilines is 1. The Bertz CT molecular complexity index is 1080. The van der Waals surface area contributed by atoms with Gasteiger partial charge in [-0.3, -0.25) is 20.0 Å². The molecule has 2 amide bonds. The van der Waals surface area contributed by atoms with Gasteiger partial charge in [0.15, 0.2) is 0 Å². The summed E-state index contributed by atoms with van der Waals surface area (Å²) in [6.07, 6.45) is 0.366. The number of hydrogen-bond acceptors (Lipinski definition) is 4. The van der Waals surface area contributed by atoms with Crippen LogP contribution in [0.1, 0.15) is 28.4 Å². The van der Waals surface area contributed by atoms with E-state index >= 15 is 0 Å². The Labute approximate surface area is 203 Å². The zero-order valence-corrected chi connectivity index (χ0v) is 20.6. The van der Waals surface area contributed by atoms with E-state index in [9.17, 15) is 9.59 Å². The predicted molar refractivity (Wildman–Crippen MR) is 134 cm³/mol. The van der Waals surface area contributed by atoms with Crippen LogP contribution in [0.5, 0.6) is 5.75 Å². The molecule has 0 heterocycles. The normalized spacial score (nSPS) is 11.4. The van der Waals surface area contributed by atoms with Gasteiger partial charge >= 0.3 is 0 Å². The molecule has 0 saturated carbocycles. The zero-order chi connectivity index (χ0) is 23.8. The highest BCUT2D eigenvalue weighted by Gasteiger charge is 2.26. The van der Waals surface area contributed by atoms with Gasteiger partial charge in [-0.15, -0.1) is 0 Å². The van der Waals surface area contributed by atoms with Gasteiger partial charge in [-0.25, -0.2) is 0 Å². The van der Waals surface area contributed by atoms with E-state index in [0.29, 0.717) is 18.5 Å². The lowest BCUT2D eigenvalue weighted by molar-refractivity contribution is -0.131. The fourth-order valence-corrected chi connectivity index (χ4v) is 3.65. The van der Waals surface area contributed by atoms with Crippen LogP contribution in [0.2, 0.25) is 0 Å². The molecule has 3 rings (SSSR count). The smallest absolute Gasteiger partial charge is 0.263 e. The molecule has 0 aliphatic rings. The number of rotatable bonds is 9. The molecule has 1 atom stereocenters. The van der Waals surface area contributed by atoms with E-state index in [1.807, 2.05) is 80.6 Å². The molecule has 172 valence electrons. The number of carbonyl (C=O) groups is 2. The van der Waals surface area contributed by atoms with Crippen LogP contribution in [0.15, 0.2) is 77.3 Å². The second-order valence-corrected chi connectivity index (χ2v) is 8.56. The van der Waals surface area contributed by atoms with E-state index in [0.717, 1.165) is 27.0 Å². The molecule has 7 heteroatoms. The molecule has 1 unspecified atom stereocenters. The number of methoxy groups -OCH3 is 1. The zero-order valence-electron chi connectivity index (χ0n) is 19.0. The lowest BCUT2D eigenvalue weighted by Gasteiger charge is -2.28. The van der Waals surface area contributed by atoms with Crippen LogP contribution < -0.4 is 15.5 Å². The van der Waals surface area contributed by atoms with E-state index in [1.54, 1.807) is 13.2 Å². The number of likely N-dealkylation sites (N-methyl/N-ethyl adjacent to an activating group) is 1. The van der Waals surface area contributed by atoms with Gasteiger partial charge in [-0.05, 0) is 67.9 Å². The number of amides is 2. The van der Waals surface area contributed by atoms with Crippen molar-refractivity contribution in [2.24, 2.45) is 0 Å². The topological polar surface area (TPSA) is 70.7 Å². The number of ether oxygens (including phenoxy) is 1. The van der Waals surface area contributed by atoms with E-state index in [1.165, 1.54) is 5.01 Å². The quantitative estimate of drug-likeness (QED) is 0.399. The highest BCUT2D eigenvalue weighted by molar-refractivity contribution is 9.10. The van der Waals surface area contributed by atoms with Crippen LogP contribution in [0.3, 0.4) is 0 Å². The molecule has 3 aromatic carbocycles. The fourth-order valence-electron chi connectivity index (χ4n) is 3.38. The van der Waals surface area contributed by atoms with Crippen LogP contribution >= 0.6 is 15.9 Å². The van der Waals surface area contributed by atoms with Crippen molar-refractivity contribution in [3.05, 3.63) is 94.0 Å². The second kappa shape index (κ2) is 11.5. The lowest BCUT2D eigenvalue weighted by atomic mass is 10.0. The first kappa shape index (κ1) is 24.3. The van der Waals surface area contributed by atoms with Crippen molar-refractivity contribution in [2.45, 2.75) is 26.3 Å². The summed E-state index contributed by atoms with van der Waals surface area (Å²) in [4.78, 5) is 26.5. The first-order valence-electron chi connectivity index (χ1n) is 10.7. The van der Waals surface area contributed by atoms with E-state index in [2.05, 4.69) is 26.7 Å². The molecule has 0 radical (unpaired) electrons. The summed E-state index contributed by atoms with van der Waals surface area (Å²) in [5.74, 6) is 0.223. The first-order chi connectivity index (χ1) is 15.9. The second-order valence-electron chi connectivity index (χ2n) is 7.65. The van der Waals surface area contributed by atoms with E-state index < -0.39 is 6.04 Å². The number of nitrogens with zero attached hydrogens (tertiary/aromatic N) is 1. The summed E-state index contributed by atoms with van der Waals surface area (Å²) in [7, 11) is 1.61. The monoisotopic (exact) mass is 509 g/mol. The van der Waals surface area contributed by atoms with Gasteiger partial charge in [0.1, 0.15) is 11.8 Å². The number of aryl methyl sites for hydroxylation is 1. The van der Waals surface area contributed by atoms with Crippen molar-refractivity contribution in [1.29, 1.82) is 0 Å². The minimum atomic E-state index is -0.745. The van der Waals surface area contributed by atoms with E-state index in [4.69, 9.17) is 4.74 Å². The standard InChI is InChI=1S/C26H28BrN3O3/c1-4-30(29-22-12-14-23(33-3)15-13-22)26(32)24(17-19-8-10-21(27)11-9-19)28-25(31)20-7-5-6-18(2)16-20/h5-16,24,29H,4,17H2,1-3H3,(H,28,31).